The Morgan fingerprint density at radius 3 is 2.32 bits per heavy atom. The van der Waals surface area contributed by atoms with Crippen molar-refractivity contribution >= 4 is 17.5 Å². The van der Waals surface area contributed by atoms with E-state index in [-0.39, 0.29) is 11.8 Å². The number of carbonyl (C=O) groups is 2. The summed E-state index contributed by atoms with van der Waals surface area (Å²) in [4.78, 5) is 28.1. The average Bonchev–Trinajstić information content (AvgIpc) is 2.54. The van der Waals surface area contributed by atoms with Crippen LogP contribution >= 0.6 is 0 Å². The van der Waals surface area contributed by atoms with Gasteiger partial charge in [-0.1, -0.05) is 24.6 Å². The van der Waals surface area contributed by atoms with Crippen molar-refractivity contribution in [1.82, 2.24) is 10.3 Å². The molecule has 0 aliphatic rings. The lowest BCUT2D eigenvalue weighted by molar-refractivity contribution is 0.0953. The first-order chi connectivity index (χ1) is 10.6. The minimum atomic E-state index is -0.290. The largest absolute Gasteiger partial charge is 0.352 e. The van der Waals surface area contributed by atoms with Gasteiger partial charge < -0.3 is 10.6 Å². The van der Waals surface area contributed by atoms with E-state index in [1.165, 1.54) is 12.4 Å². The van der Waals surface area contributed by atoms with Gasteiger partial charge in [-0.25, -0.2) is 0 Å². The molecule has 0 unspecified atom stereocenters. The maximum Gasteiger partial charge on any atom is 0.257 e. The number of amides is 2. The first-order valence-corrected chi connectivity index (χ1v) is 7.21. The van der Waals surface area contributed by atoms with E-state index in [9.17, 15) is 9.59 Å². The molecule has 1 heterocycles. The lowest BCUT2D eigenvalue weighted by Crippen LogP contribution is -2.24. The molecule has 2 aromatic rings. The summed E-state index contributed by atoms with van der Waals surface area (Å²) in [5.74, 6) is -0.513. The van der Waals surface area contributed by atoms with Crippen molar-refractivity contribution in [3.8, 4) is 0 Å². The normalized spacial score (nSPS) is 10.1. The molecule has 114 valence electrons. The standard InChI is InChI=1S/C17H19N3O2/c1-3-8-19-16(21)13-9-14(11-18-10-13)17(22)20-15-6-4-12(2)5-7-15/h4-7,9-11H,3,8H2,1-2H3,(H,19,21)(H,20,22). The van der Waals surface area contributed by atoms with Crippen molar-refractivity contribution in [3.05, 3.63) is 59.4 Å². The van der Waals surface area contributed by atoms with Crippen LogP contribution in [0, 0.1) is 6.92 Å². The highest BCUT2D eigenvalue weighted by Crippen LogP contribution is 2.11. The molecular weight excluding hydrogens is 278 g/mol. The zero-order valence-electron chi connectivity index (χ0n) is 12.7. The van der Waals surface area contributed by atoms with Crippen molar-refractivity contribution in [1.29, 1.82) is 0 Å². The van der Waals surface area contributed by atoms with Gasteiger partial charge in [0.25, 0.3) is 11.8 Å². The molecule has 2 rings (SSSR count). The third-order valence-electron chi connectivity index (χ3n) is 3.11. The highest BCUT2D eigenvalue weighted by atomic mass is 16.2. The molecule has 0 aliphatic carbocycles. The second-order valence-corrected chi connectivity index (χ2v) is 5.04. The molecule has 5 nitrogen and oxygen atoms in total. The van der Waals surface area contributed by atoms with Crippen molar-refractivity contribution < 1.29 is 9.59 Å². The number of benzene rings is 1. The lowest BCUT2D eigenvalue weighted by atomic mass is 10.1. The Morgan fingerprint density at radius 2 is 1.68 bits per heavy atom. The number of carbonyl (C=O) groups excluding carboxylic acids is 2. The molecule has 0 aliphatic heterocycles. The topological polar surface area (TPSA) is 71.1 Å². The zero-order chi connectivity index (χ0) is 15.9. The smallest absolute Gasteiger partial charge is 0.257 e. The SMILES string of the molecule is CCCNC(=O)c1cncc(C(=O)Nc2ccc(C)cc2)c1. The van der Waals surface area contributed by atoms with Crippen LogP contribution in [0.4, 0.5) is 5.69 Å². The molecule has 0 spiro atoms. The number of anilines is 1. The molecule has 0 fully saturated rings. The third-order valence-corrected chi connectivity index (χ3v) is 3.11. The van der Waals surface area contributed by atoms with Gasteiger partial charge in [0, 0.05) is 24.6 Å². The average molecular weight is 297 g/mol. The van der Waals surface area contributed by atoms with E-state index in [0.29, 0.717) is 23.4 Å². The monoisotopic (exact) mass is 297 g/mol. The quantitative estimate of drug-likeness (QED) is 0.891. The van der Waals surface area contributed by atoms with E-state index >= 15 is 0 Å². The predicted octanol–water partition coefficient (Wildman–Crippen LogP) is 2.78. The molecule has 1 aromatic heterocycles. The minimum Gasteiger partial charge on any atom is -0.352 e. The Hall–Kier alpha value is -2.69. The number of hydrogen-bond donors (Lipinski definition) is 2. The minimum absolute atomic E-state index is 0.223. The molecule has 0 saturated heterocycles. The fourth-order valence-corrected chi connectivity index (χ4v) is 1.87. The van der Waals surface area contributed by atoms with Crippen LogP contribution in [-0.4, -0.2) is 23.3 Å². The molecule has 1 aromatic carbocycles. The summed E-state index contributed by atoms with van der Waals surface area (Å²) in [6.45, 7) is 4.55. The van der Waals surface area contributed by atoms with Gasteiger partial charge >= 0.3 is 0 Å². The van der Waals surface area contributed by atoms with Gasteiger partial charge in [0.15, 0.2) is 0 Å². The number of rotatable bonds is 5. The summed E-state index contributed by atoms with van der Waals surface area (Å²) >= 11 is 0. The first-order valence-electron chi connectivity index (χ1n) is 7.21. The molecule has 0 radical (unpaired) electrons. The highest BCUT2D eigenvalue weighted by molar-refractivity contribution is 6.05. The van der Waals surface area contributed by atoms with Crippen molar-refractivity contribution in [2.75, 3.05) is 11.9 Å². The van der Waals surface area contributed by atoms with Crippen LogP contribution in [0.15, 0.2) is 42.7 Å². The molecule has 22 heavy (non-hydrogen) atoms. The summed E-state index contributed by atoms with van der Waals surface area (Å²) in [5, 5.41) is 5.54. The predicted molar refractivity (Wildman–Crippen MR) is 86.0 cm³/mol. The van der Waals surface area contributed by atoms with E-state index < -0.39 is 0 Å². The highest BCUT2D eigenvalue weighted by Gasteiger charge is 2.11. The van der Waals surface area contributed by atoms with Crippen LogP contribution in [0.25, 0.3) is 0 Å². The number of aromatic nitrogens is 1. The van der Waals surface area contributed by atoms with Crippen LogP contribution in [0.2, 0.25) is 0 Å². The maximum absolute atomic E-state index is 12.2. The molecule has 2 amide bonds. The summed E-state index contributed by atoms with van der Waals surface area (Å²) in [6.07, 6.45) is 3.75. The molecule has 0 bridgehead atoms. The number of nitrogens with zero attached hydrogens (tertiary/aromatic N) is 1. The fourth-order valence-electron chi connectivity index (χ4n) is 1.87. The summed E-state index contributed by atoms with van der Waals surface area (Å²) in [5.41, 5.74) is 2.56. The number of aryl methyl sites for hydroxylation is 1. The zero-order valence-corrected chi connectivity index (χ0v) is 12.7. The Bertz CT molecular complexity index is 666. The number of hydrogen-bond acceptors (Lipinski definition) is 3. The maximum atomic E-state index is 12.2. The molecular formula is C17H19N3O2. The number of pyridine rings is 1. The van der Waals surface area contributed by atoms with Gasteiger partial charge in [-0.05, 0) is 31.5 Å². The first kappa shape index (κ1) is 15.7. The fraction of sp³-hybridized carbons (Fsp3) is 0.235. The molecule has 0 atom stereocenters. The Morgan fingerprint density at radius 1 is 1.05 bits per heavy atom. The van der Waals surface area contributed by atoms with Crippen LogP contribution in [0.1, 0.15) is 39.6 Å². The summed E-state index contributed by atoms with van der Waals surface area (Å²) in [6, 6.07) is 9.05. The Labute approximate surface area is 129 Å². The van der Waals surface area contributed by atoms with E-state index in [2.05, 4.69) is 15.6 Å². The molecule has 5 heteroatoms. The lowest BCUT2D eigenvalue weighted by Gasteiger charge is -2.07. The van der Waals surface area contributed by atoms with Gasteiger partial charge in [0.05, 0.1) is 11.1 Å². The Balaban J connectivity index is 2.09. The number of nitrogens with one attached hydrogen (secondary N) is 2. The van der Waals surface area contributed by atoms with Crippen molar-refractivity contribution in [2.45, 2.75) is 20.3 Å². The Kier molecular flexibility index (Phi) is 5.25. The van der Waals surface area contributed by atoms with Gasteiger partial charge in [-0.3, -0.25) is 14.6 Å². The van der Waals surface area contributed by atoms with E-state index in [0.717, 1.165) is 12.0 Å². The van der Waals surface area contributed by atoms with Crippen LogP contribution in [0.3, 0.4) is 0 Å². The second-order valence-electron chi connectivity index (χ2n) is 5.04. The van der Waals surface area contributed by atoms with Crippen molar-refractivity contribution in [3.63, 3.8) is 0 Å². The van der Waals surface area contributed by atoms with E-state index in [1.807, 2.05) is 38.1 Å². The van der Waals surface area contributed by atoms with Gasteiger partial charge in [-0.2, -0.15) is 0 Å². The van der Waals surface area contributed by atoms with Crippen LogP contribution in [0.5, 0.6) is 0 Å². The third kappa shape index (κ3) is 4.15. The molecule has 2 N–H and O–H groups in total. The van der Waals surface area contributed by atoms with Gasteiger partial charge in [-0.15, -0.1) is 0 Å². The van der Waals surface area contributed by atoms with Crippen LogP contribution < -0.4 is 10.6 Å². The van der Waals surface area contributed by atoms with Crippen LogP contribution in [-0.2, 0) is 0 Å². The summed E-state index contributed by atoms with van der Waals surface area (Å²) < 4.78 is 0. The van der Waals surface area contributed by atoms with E-state index in [1.54, 1.807) is 6.07 Å². The molecule has 0 saturated carbocycles. The van der Waals surface area contributed by atoms with Gasteiger partial charge in [0.1, 0.15) is 0 Å². The van der Waals surface area contributed by atoms with E-state index in [4.69, 9.17) is 0 Å². The summed E-state index contributed by atoms with van der Waals surface area (Å²) in [7, 11) is 0. The van der Waals surface area contributed by atoms with Gasteiger partial charge in [0.2, 0.25) is 0 Å². The van der Waals surface area contributed by atoms with Crippen molar-refractivity contribution in [2.24, 2.45) is 0 Å². The second kappa shape index (κ2) is 7.36.